The van der Waals surface area contributed by atoms with Gasteiger partial charge in [-0.3, -0.25) is 0 Å². The molecule has 0 amide bonds. The van der Waals surface area contributed by atoms with Gasteiger partial charge < -0.3 is 0 Å². The summed E-state index contributed by atoms with van der Waals surface area (Å²) in [7, 11) is 0. The molecular formula is C6H13PS. The first-order valence-corrected chi connectivity index (χ1v) is 3.37. The van der Waals surface area contributed by atoms with Crippen molar-refractivity contribution in [1.29, 1.82) is 0 Å². The van der Waals surface area contributed by atoms with Crippen LogP contribution in [0.4, 0.5) is 0 Å². The van der Waals surface area contributed by atoms with Gasteiger partial charge >= 0.3 is 0 Å². The highest BCUT2D eigenvalue weighted by molar-refractivity contribution is 7.99. The molecule has 0 saturated heterocycles. The Morgan fingerprint density at radius 2 is 1.50 bits per heavy atom. The first-order chi connectivity index (χ1) is 3.41. The zero-order valence-corrected chi connectivity index (χ0v) is 7.33. The molecule has 2 heteroatoms. The summed E-state index contributed by atoms with van der Waals surface area (Å²) in [5.41, 5.74) is 0. The molecule has 0 aromatic carbocycles. The molecule has 1 unspecified atom stereocenters. The molecule has 0 saturated carbocycles. The van der Waals surface area contributed by atoms with Crippen molar-refractivity contribution in [2.24, 2.45) is 0 Å². The van der Waals surface area contributed by atoms with Crippen molar-refractivity contribution in [3.63, 3.8) is 0 Å². The maximum Gasteiger partial charge on any atom is 0.0113 e. The van der Waals surface area contributed by atoms with Crippen LogP contribution in [-0.4, -0.2) is 11.5 Å². The van der Waals surface area contributed by atoms with Crippen molar-refractivity contribution in [2.45, 2.75) is 0 Å². The van der Waals surface area contributed by atoms with E-state index in [2.05, 4.69) is 13.2 Å². The molecule has 0 aliphatic carbocycles. The van der Waals surface area contributed by atoms with Gasteiger partial charge in [0, 0.05) is 11.5 Å². The van der Waals surface area contributed by atoms with Gasteiger partial charge in [-0.05, 0) is 0 Å². The highest BCUT2D eigenvalue weighted by Gasteiger charge is 1.73. The van der Waals surface area contributed by atoms with Crippen LogP contribution in [-0.2, 0) is 0 Å². The fourth-order valence-corrected chi connectivity index (χ4v) is 0.704. The Bertz CT molecular complexity index is 53.5. The van der Waals surface area contributed by atoms with Gasteiger partial charge in [0.25, 0.3) is 0 Å². The molecule has 0 heterocycles. The van der Waals surface area contributed by atoms with E-state index in [1.54, 1.807) is 0 Å². The van der Waals surface area contributed by atoms with E-state index in [0.717, 1.165) is 11.5 Å². The van der Waals surface area contributed by atoms with Gasteiger partial charge in [0.05, 0.1) is 0 Å². The molecule has 0 radical (unpaired) electrons. The first kappa shape index (κ1) is 11.1. The Balaban J connectivity index is 0. The van der Waals surface area contributed by atoms with Gasteiger partial charge in [-0.2, -0.15) is 21.7 Å². The van der Waals surface area contributed by atoms with Crippen LogP contribution in [0.1, 0.15) is 0 Å². The minimum atomic E-state index is 0. The molecule has 0 bridgehead atoms. The molecule has 0 fully saturated rings. The average Bonchev–Trinajstić information content (AvgIpc) is 1.69. The van der Waals surface area contributed by atoms with E-state index in [0.29, 0.717) is 0 Å². The summed E-state index contributed by atoms with van der Waals surface area (Å²) >= 11 is 1.82. The molecule has 48 valence electrons. The normalized spacial score (nSPS) is 7.00. The highest BCUT2D eigenvalue weighted by atomic mass is 32.2. The monoisotopic (exact) mass is 148 g/mol. The molecule has 8 heavy (non-hydrogen) atoms. The Morgan fingerprint density at radius 3 is 1.75 bits per heavy atom. The highest BCUT2D eigenvalue weighted by Crippen LogP contribution is 1.97. The van der Waals surface area contributed by atoms with Gasteiger partial charge in [0.1, 0.15) is 0 Å². The topological polar surface area (TPSA) is 0 Å². The van der Waals surface area contributed by atoms with Crippen LogP contribution < -0.4 is 0 Å². The zero-order valence-electron chi connectivity index (χ0n) is 5.10. The molecular weight excluding hydrogens is 135 g/mol. The molecule has 0 rings (SSSR count). The SMILES string of the molecule is C=CCSCC=C.P. The van der Waals surface area contributed by atoms with E-state index in [1.165, 1.54) is 0 Å². The molecule has 0 N–H and O–H groups in total. The number of hydrogen-bond donors (Lipinski definition) is 0. The summed E-state index contributed by atoms with van der Waals surface area (Å²) in [6.07, 6.45) is 3.79. The lowest BCUT2D eigenvalue weighted by Crippen LogP contribution is -1.69. The van der Waals surface area contributed by atoms with Crippen LogP contribution in [0.2, 0.25) is 0 Å². The standard InChI is InChI=1S/C6H10S.H3P/c1-3-5-7-6-4-2;/h3-4H,1-2,5-6H2;1H3. The summed E-state index contributed by atoms with van der Waals surface area (Å²) in [4.78, 5) is 0. The average molecular weight is 148 g/mol. The van der Waals surface area contributed by atoms with Crippen molar-refractivity contribution < 1.29 is 0 Å². The van der Waals surface area contributed by atoms with Gasteiger partial charge in [-0.15, -0.1) is 13.2 Å². The lowest BCUT2D eigenvalue weighted by Gasteiger charge is -1.85. The van der Waals surface area contributed by atoms with Gasteiger partial charge in [-0.1, -0.05) is 12.2 Å². The van der Waals surface area contributed by atoms with E-state index in [-0.39, 0.29) is 9.90 Å². The largest absolute Gasteiger partial charge is 0.154 e. The molecule has 0 nitrogen and oxygen atoms in total. The minimum absolute atomic E-state index is 0. The van der Waals surface area contributed by atoms with Crippen LogP contribution in [0.3, 0.4) is 0 Å². The lowest BCUT2D eigenvalue weighted by molar-refractivity contribution is 1.74. The van der Waals surface area contributed by atoms with Gasteiger partial charge in [0.15, 0.2) is 0 Å². The Morgan fingerprint density at radius 1 is 1.12 bits per heavy atom. The van der Waals surface area contributed by atoms with Crippen LogP contribution >= 0.6 is 21.7 Å². The number of hydrogen-bond acceptors (Lipinski definition) is 1. The fraction of sp³-hybridized carbons (Fsp3) is 0.333. The summed E-state index contributed by atoms with van der Waals surface area (Å²) in [5.74, 6) is 2.07. The van der Waals surface area contributed by atoms with E-state index in [9.17, 15) is 0 Å². The lowest BCUT2D eigenvalue weighted by atomic mass is 10.8. The molecule has 0 aliphatic heterocycles. The molecule has 0 aromatic rings. The Hall–Kier alpha value is 0.260. The maximum absolute atomic E-state index is 3.58. The quantitative estimate of drug-likeness (QED) is 0.334. The van der Waals surface area contributed by atoms with Crippen molar-refractivity contribution >= 4 is 21.7 Å². The fourth-order valence-electron chi connectivity index (χ4n) is 0.235. The molecule has 0 aromatic heterocycles. The van der Waals surface area contributed by atoms with Crippen molar-refractivity contribution in [3.8, 4) is 0 Å². The van der Waals surface area contributed by atoms with E-state index in [4.69, 9.17) is 0 Å². The second-order valence-corrected chi connectivity index (χ2v) is 2.19. The van der Waals surface area contributed by atoms with Crippen molar-refractivity contribution in [3.05, 3.63) is 25.3 Å². The summed E-state index contributed by atoms with van der Waals surface area (Å²) in [5, 5.41) is 0. The summed E-state index contributed by atoms with van der Waals surface area (Å²) < 4.78 is 0. The smallest absolute Gasteiger partial charge is 0.0113 e. The van der Waals surface area contributed by atoms with Crippen molar-refractivity contribution in [2.75, 3.05) is 11.5 Å². The molecule has 0 aliphatic rings. The predicted octanol–water partition coefficient (Wildman–Crippen LogP) is 2.15. The van der Waals surface area contributed by atoms with E-state index >= 15 is 0 Å². The number of rotatable bonds is 4. The predicted molar refractivity (Wildman–Crippen MR) is 48.8 cm³/mol. The van der Waals surface area contributed by atoms with Crippen LogP contribution in [0.5, 0.6) is 0 Å². The molecule has 1 atom stereocenters. The van der Waals surface area contributed by atoms with E-state index in [1.807, 2.05) is 23.9 Å². The van der Waals surface area contributed by atoms with Crippen molar-refractivity contribution in [1.82, 2.24) is 0 Å². The second kappa shape index (κ2) is 10.3. The third kappa shape index (κ3) is 9.54. The maximum atomic E-state index is 3.58. The van der Waals surface area contributed by atoms with Gasteiger partial charge in [0.2, 0.25) is 0 Å². The first-order valence-electron chi connectivity index (χ1n) is 2.21. The second-order valence-electron chi connectivity index (χ2n) is 1.11. The summed E-state index contributed by atoms with van der Waals surface area (Å²) in [6, 6.07) is 0. The van der Waals surface area contributed by atoms with E-state index < -0.39 is 0 Å². The third-order valence-corrected chi connectivity index (χ3v) is 1.41. The van der Waals surface area contributed by atoms with Crippen LogP contribution in [0, 0.1) is 0 Å². The third-order valence-electron chi connectivity index (χ3n) is 0.471. The van der Waals surface area contributed by atoms with Crippen LogP contribution in [0.25, 0.3) is 0 Å². The van der Waals surface area contributed by atoms with Gasteiger partial charge in [-0.25, -0.2) is 0 Å². The Labute approximate surface area is 59.1 Å². The zero-order chi connectivity index (χ0) is 5.54. The molecule has 0 spiro atoms. The summed E-state index contributed by atoms with van der Waals surface area (Å²) in [6.45, 7) is 7.15. The number of thioether (sulfide) groups is 1. The Kier molecular flexibility index (Phi) is 14.3. The minimum Gasteiger partial charge on any atom is -0.154 e. The van der Waals surface area contributed by atoms with Crippen LogP contribution in [0.15, 0.2) is 25.3 Å².